The second-order valence-electron chi connectivity index (χ2n) is 5.22. The Morgan fingerprint density at radius 3 is 2.74 bits per heavy atom. The molecule has 0 saturated heterocycles. The van der Waals surface area contributed by atoms with Crippen LogP contribution in [0.4, 0.5) is 4.39 Å². The molecule has 0 aliphatic heterocycles. The lowest BCUT2D eigenvalue weighted by atomic mass is 9.92. The highest BCUT2D eigenvalue weighted by Crippen LogP contribution is 2.24. The molecule has 1 aromatic carbocycles. The summed E-state index contributed by atoms with van der Waals surface area (Å²) in [5.74, 6) is -0.0425. The molecule has 0 aliphatic rings. The van der Waals surface area contributed by atoms with E-state index in [9.17, 15) is 9.18 Å². The minimum Gasteiger partial charge on any atom is -0.453 e. The Hall–Kier alpha value is -1.68. The van der Waals surface area contributed by atoms with Crippen LogP contribution in [0, 0.1) is 17.7 Å². The maximum absolute atomic E-state index is 13.1. The number of carbonyl (C=O) groups is 1. The summed E-state index contributed by atoms with van der Waals surface area (Å²) in [6.07, 6.45) is 0.723. The third-order valence-corrected chi connectivity index (χ3v) is 3.13. The van der Waals surface area contributed by atoms with Crippen molar-refractivity contribution in [1.29, 1.82) is 0 Å². The van der Waals surface area contributed by atoms with Crippen molar-refractivity contribution in [2.24, 2.45) is 17.6 Å². The van der Waals surface area contributed by atoms with Gasteiger partial charge in [-0.25, -0.2) is 4.39 Å². The van der Waals surface area contributed by atoms with Gasteiger partial charge in [0.2, 0.25) is 5.78 Å². The average Bonchev–Trinajstić information content (AvgIpc) is 2.77. The first-order chi connectivity index (χ1) is 9.01. The highest BCUT2D eigenvalue weighted by Gasteiger charge is 2.23. The van der Waals surface area contributed by atoms with Crippen molar-refractivity contribution in [3.05, 3.63) is 35.8 Å². The molecule has 0 aliphatic carbocycles. The van der Waals surface area contributed by atoms with Crippen LogP contribution in [0.1, 0.15) is 30.8 Å². The Morgan fingerprint density at radius 2 is 2.11 bits per heavy atom. The molecule has 2 aromatic rings. The fraction of sp³-hybridized carbons (Fsp3) is 0.400. The molecule has 2 N–H and O–H groups in total. The van der Waals surface area contributed by atoms with Gasteiger partial charge in [-0.3, -0.25) is 4.79 Å². The van der Waals surface area contributed by atoms with E-state index in [0.29, 0.717) is 23.4 Å². The second-order valence-corrected chi connectivity index (χ2v) is 5.22. The molecular weight excluding hydrogens is 245 g/mol. The fourth-order valence-electron chi connectivity index (χ4n) is 2.22. The molecule has 0 spiro atoms. The van der Waals surface area contributed by atoms with Crippen LogP contribution in [0.2, 0.25) is 0 Å². The van der Waals surface area contributed by atoms with Crippen LogP contribution in [0.25, 0.3) is 11.0 Å². The average molecular weight is 263 g/mol. The standard InChI is InChI=1S/C15H18FNO2/c1-9(2)5-11(8-17)15(18)14-7-10-6-12(16)3-4-13(10)19-14/h3-4,6-7,9,11H,5,8,17H2,1-2H3. The van der Waals surface area contributed by atoms with E-state index in [1.54, 1.807) is 6.07 Å². The summed E-state index contributed by atoms with van der Waals surface area (Å²) in [7, 11) is 0. The van der Waals surface area contributed by atoms with E-state index in [0.717, 1.165) is 6.42 Å². The van der Waals surface area contributed by atoms with E-state index in [-0.39, 0.29) is 23.3 Å². The van der Waals surface area contributed by atoms with Gasteiger partial charge < -0.3 is 10.2 Å². The number of carbonyl (C=O) groups excluding carboxylic acids is 1. The number of hydrogen-bond donors (Lipinski definition) is 1. The van der Waals surface area contributed by atoms with E-state index in [1.165, 1.54) is 18.2 Å². The maximum Gasteiger partial charge on any atom is 0.202 e. The van der Waals surface area contributed by atoms with Crippen LogP contribution < -0.4 is 5.73 Å². The van der Waals surface area contributed by atoms with Gasteiger partial charge in [0.05, 0.1) is 0 Å². The summed E-state index contributed by atoms with van der Waals surface area (Å²) < 4.78 is 18.6. The molecule has 1 unspecified atom stereocenters. The van der Waals surface area contributed by atoms with Crippen LogP contribution in [0.5, 0.6) is 0 Å². The largest absolute Gasteiger partial charge is 0.453 e. The second kappa shape index (κ2) is 5.53. The molecule has 0 fully saturated rings. The lowest BCUT2D eigenvalue weighted by Crippen LogP contribution is -2.25. The number of nitrogens with two attached hydrogens (primary N) is 1. The zero-order chi connectivity index (χ0) is 14.0. The van der Waals surface area contributed by atoms with Crippen molar-refractivity contribution in [2.45, 2.75) is 20.3 Å². The summed E-state index contributed by atoms with van der Waals surface area (Å²) >= 11 is 0. The maximum atomic E-state index is 13.1. The molecule has 1 heterocycles. The molecule has 1 aromatic heterocycles. The summed E-state index contributed by atoms with van der Waals surface area (Å²) in [4.78, 5) is 12.3. The predicted molar refractivity (Wildman–Crippen MR) is 72.5 cm³/mol. The third-order valence-electron chi connectivity index (χ3n) is 3.13. The molecule has 2 rings (SSSR count). The van der Waals surface area contributed by atoms with E-state index in [1.807, 2.05) is 13.8 Å². The van der Waals surface area contributed by atoms with Gasteiger partial charge in [-0.2, -0.15) is 0 Å². The molecule has 3 nitrogen and oxygen atoms in total. The summed E-state index contributed by atoms with van der Waals surface area (Å²) in [5.41, 5.74) is 6.17. The van der Waals surface area contributed by atoms with Gasteiger partial charge in [0, 0.05) is 17.8 Å². The molecule has 1 atom stereocenters. The first-order valence-corrected chi connectivity index (χ1v) is 6.44. The summed E-state index contributed by atoms with van der Waals surface area (Å²) in [5, 5.41) is 0.601. The molecule has 4 heteroatoms. The summed E-state index contributed by atoms with van der Waals surface area (Å²) in [6, 6.07) is 5.79. The number of fused-ring (bicyclic) bond motifs is 1. The van der Waals surface area contributed by atoms with E-state index in [4.69, 9.17) is 10.2 Å². The molecule has 0 bridgehead atoms. The molecule has 0 radical (unpaired) electrons. The zero-order valence-corrected chi connectivity index (χ0v) is 11.2. The number of hydrogen-bond acceptors (Lipinski definition) is 3. The minimum absolute atomic E-state index is 0.104. The molecule has 19 heavy (non-hydrogen) atoms. The van der Waals surface area contributed by atoms with Crippen molar-refractivity contribution >= 4 is 16.8 Å². The number of rotatable bonds is 5. The lowest BCUT2D eigenvalue weighted by Gasteiger charge is -2.14. The van der Waals surface area contributed by atoms with Gasteiger partial charge >= 0.3 is 0 Å². The van der Waals surface area contributed by atoms with Gasteiger partial charge in [0.15, 0.2) is 5.76 Å². The zero-order valence-electron chi connectivity index (χ0n) is 11.2. The SMILES string of the molecule is CC(C)CC(CN)C(=O)c1cc2cc(F)ccc2o1. The van der Waals surface area contributed by atoms with Crippen molar-refractivity contribution in [1.82, 2.24) is 0 Å². The molecular formula is C15H18FNO2. The highest BCUT2D eigenvalue weighted by atomic mass is 19.1. The van der Waals surface area contributed by atoms with Crippen LogP contribution in [-0.2, 0) is 0 Å². The number of Topliss-reactive ketones (excluding diaryl/α,β-unsaturated/α-hetero) is 1. The Labute approximate surface area is 111 Å². The number of ketones is 1. The molecule has 102 valence electrons. The van der Waals surface area contributed by atoms with E-state index >= 15 is 0 Å². The Bertz CT molecular complexity index is 589. The molecule has 0 saturated carbocycles. The van der Waals surface area contributed by atoms with Crippen LogP contribution in [0.3, 0.4) is 0 Å². The smallest absolute Gasteiger partial charge is 0.202 e. The quantitative estimate of drug-likeness (QED) is 0.841. The van der Waals surface area contributed by atoms with Crippen molar-refractivity contribution < 1.29 is 13.6 Å². The Kier molecular flexibility index (Phi) is 4.00. The Balaban J connectivity index is 2.29. The monoisotopic (exact) mass is 263 g/mol. The van der Waals surface area contributed by atoms with Crippen LogP contribution in [0.15, 0.2) is 28.7 Å². The number of benzene rings is 1. The predicted octanol–water partition coefficient (Wildman–Crippen LogP) is 3.38. The van der Waals surface area contributed by atoms with Crippen LogP contribution >= 0.6 is 0 Å². The van der Waals surface area contributed by atoms with Crippen molar-refractivity contribution in [3.8, 4) is 0 Å². The van der Waals surface area contributed by atoms with Crippen molar-refractivity contribution in [2.75, 3.05) is 6.54 Å². The first kappa shape index (κ1) is 13.7. The minimum atomic E-state index is -0.343. The first-order valence-electron chi connectivity index (χ1n) is 6.44. The van der Waals surface area contributed by atoms with Gasteiger partial charge in [0.1, 0.15) is 11.4 Å². The molecule has 0 amide bonds. The van der Waals surface area contributed by atoms with Gasteiger partial charge in [-0.15, -0.1) is 0 Å². The van der Waals surface area contributed by atoms with E-state index in [2.05, 4.69) is 0 Å². The van der Waals surface area contributed by atoms with E-state index < -0.39 is 0 Å². The van der Waals surface area contributed by atoms with Gasteiger partial charge in [0.25, 0.3) is 0 Å². The third kappa shape index (κ3) is 3.01. The normalized spacial score (nSPS) is 13.1. The lowest BCUT2D eigenvalue weighted by molar-refractivity contribution is 0.0882. The summed E-state index contributed by atoms with van der Waals surface area (Å²) in [6.45, 7) is 4.39. The number of halogens is 1. The Morgan fingerprint density at radius 1 is 1.37 bits per heavy atom. The van der Waals surface area contributed by atoms with Gasteiger partial charge in [-0.1, -0.05) is 13.8 Å². The number of furan rings is 1. The topological polar surface area (TPSA) is 56.2 Å². The van der Waals surface area contributed by atoms with Crippen LogP contribution in [-0.4, -0.2) is 12.3 Å². The van der Waals surface area contributed by atoms with Gasteiger partial charge in [-0.05, 0) is 36.6 Å². The fourth-order valence-corrected chi connectivity index (χ4v) is 2.22. The highest BCUT2D eigenvalue weighted by molar-refractivity contribution is 5.99. The van der Waals surface area contributed by atoms with Crippen molar-refractivity contribution in [3.63, 3.8) is 0 Å².